The van der Waals surface area contributed by atoms with Crippen molar-refractivity contribution in [2.45, 2.75) is 64.5 Å². The minimum atomic E-state index is -0.318. The third-order valence-corrected chi connectivity index (χ3v) is 6.24. The van der Waals surface area contributed by atoms with Crippen molar-refractivity contribution < 1.29 is 5.11 Å². The molecule has 2 nitrogen and oxygen atoms in total. The first-order chi connectivity index (χ1) is 10.1. The minimum absolute atomic E-state index is 0.301. The minimum Gasteiger partial charge on any atom is -0.387 e. The molecule has 1 aliphatic heterocycles. The third kappa shape index (κ3) is 2.53. The zero-order chi connectivity index (χ0) is 15.0. The Hall–Kier alpha value is -0.860. The lowest BCUT2D eigenvalue weighted by molar-refractivity contribution is 0.0366. The topological polar surface area (TPSA) is 23.5 Å². The van der Waals surface area contributed by atoms with Crippen molar-refractivity contribution in [3.63, 3.8) is 0 Å². The van der Waals surface area contributed by atoms with Crippen LogP contribution in [0.2, 0.25) is 0 Å². The number of likely N-dealkylation sites (tertiary alicyclic amines) is 1. The maximum atomic E-state index is 10.9. The van der Waals surface area contributed by atoms with Crippen LogP contribution in [0, 0.1) is 5.41 Å². The van der Waals surface area contributed by atoms with Crippen LogP contribution in [0.4, 0.5) is 0 Å². The molecule has 3 rings (SSSR count). The number of nitrogens with zero attached hydrogens (tertiary/aromatic N) is 1. The summed E-state index contributed by atoms with van der Waals surface area (Å²) in [5, 5.41) is 10.9. The van der Waals surface area contributed by atoms with E-state index in [0.717, 1.165) is 25.1 Å². The smallest absolute Gasteiger partial charge is 0.0948 e. The zero-order valence-corrected chi connectivity index (χ0v) is 13.7. The highest BCUT2D eigenvalue weighted by Gasteiger charge is 2.42. The molecule has 0 radical (unpaired) electrons. The molecule has 0 saturated carbocycles. The van der Waals surface area contributed by atoms with Gasteiger partial charge in [0.05, 0.1) is 6.10 Å². The van der Waals surface area contributed by atoms with Crippen molar-refractivity contribution in [1.82, 2.24) is 4.90 Å². The lowest BCUT2D eigenvalue weighted by Crippen LogP contribution is -2.42. The zero-order valence-electron chi connectivity index (χ0n) is 13.7. The molecule has 21 heavy (non-hydrogen) atoms. The van der Waals surface area contributed by atoms with Crippen LogP contribution in [0.5, 0.6) is 0 Å². The number of hydrogen-bond acceptors (Lipinski definition) is 2. The van der Waals surface area contributed by atoms with Crippen molar-refractivity contribution in [3.05, 3.63) is 35.4 Å². The van der Waals surface area contributed by atoms with Gasteiger partial charge in [-0.2, -0.15) is 0 Å². The number of benzene rings is 1. The van der Waals surface area contributed by atoms with Crippen LogP contribution < -0.4 is 0 Å². The molecule has 1 saturated heterocycles. The molecule has 3 unspecified atom stereocenters. The van der Waals surface area contributed by atoms with Gasteiger partial charge in [-0.25, -0.2) is 0 Å². The number of fused-ring (bicyclic) bond motifs is 1. The predicted octanol–water partition coefficient (Wildman–Crippen LogP) is 4.11. The number of hydrogen-bond donors (Lipinski definition) is 1. The van der Waals surface area contributed by atoms with Gasteiger partial charge in [-0.15, -0.1) is 0 Å². The molecule has 0 aromatic heterocycles. The average molecular weight is 287 g/mol. The Labute approximate surface area is 129 Å². The first-order valence-corrected chi connectivity index (χ1v) is 8.61. The first kappa shape index (κ1) is 15.1. The van der Waals surface area contributed by atoms with E-state index >= 15 is 0 Å². The summed E-state index contributed by atoms with van der Waals surface area (Å²) in [6, 6.07) is 8.76. The molecular formula is C19H29NO. The van der Waals surface area contributed by atoms with Gasteiger partial charge in [0.15, 0.2) is 0 Å². The lowest BCUT2D eigenvalue weighted by atomic mass is 9.78. The van der Waals surface area contributed by atoms with Gasteiger partial charge in [0.1, 0.15) is 0 Å². The fourth-order valence-electron chi connectivity index (χ4n) is 4.48. The standard InChI is InChI=1S/C19H29NO/c1-4-19(5-2)10-11-20(13-19)17-12-14(3)15-8-6-7-9-16(15)18(17)21/h6-9,14,17-18,21H,4-5,10-13H2,1-3H3. The van der Waals surface area contributed by atoms with E-state index in [9.17, 15) is 5.11 Å². The normalized spacial score (nSPS) is 32.1. The second kappa shape index (κ2) is 5.73. The average Bonchev–Trinajstić information content (AvgIpc) is 2.96. The quantitative estimate of drug-likeness (QED) is 0.904. The molecule has 1 aromatic rings. The van der Waals surface area contributed by atoms with Crippen molar-refractivity contribution in [1.29, 1.82) is 0 Å². The van der Waals surface area contributed by atoms with E-state index in [1.54, 1.807) is 0 Å². The summed E-state index contributed by atoms with van der Waals surface area (Å²) >= 11 is 0. The number of rotatable bonds is 3. The van der Waals surface area contributed by atoms with Crippen LogP contribution in [0.25, 0.3) is 0 Å². The van der Waals surface area contributed by atoms with E-state index in [4.69, 9.17) is 0 Å². The Bertz CT molecular complexity index is 494. The van der Waals surface area contributed by atoms with Gasteiger partial charge in [-0.1, -0.05) is 45.0 Å². The summed E-state index contributed by atoms with van der Waals surface area (Å²) in [4.78, 5) is 2.57. The third-order valence-electron chi connectivity index (χ3n) is 6.24. The Morgan fingerprint density at radius 2 is 1.86 bits per heavy atom. The highest BCUT2D eigenvalue weighted by atomic mass is 16.3. The van der Waals surface area contributed by atoms with Crippen molar-refractivity contribution in [2.75, 3.05) is 13.1 Å². The van der Waals surface area contributed by atoms with E-state index in [1.807, 2.05) is 0 Å². The Morgan fingerprint density at radius 1 is 1.19 bits per heavy atom. The molecule has 3 atom stereocenters. The summed E-state index contributed by atoms with van der Waals surface area (Å²) in [6.07, 6.45) is 4.58. The molecule has 1 aliphatic carbocycles. The van der Waals surface area contributed by atoms with Crippen LogP contribution in [-0.4, -0.2) is 29.1 Å². The fraction of sp³-hybridized carbons (Fsp3) is 0.684. The van der Waals surface area contributed by atoms with Crippen LogP contribution in [0.3, 0.4) is 0 Å². The molecule has 1 N–H and O–H groups in total. The van der Waals surface area contributed by atoms with Gasteiger partial charge >= 0.3 is 0 Å². The summed E-state index contributed by atoms with van der Waals surface area (Å²) in [6.45, 7) is 9.26. The van der Waals surface area contributed by atoms with E-state index in [1.165, 1.54) is 24.8 Å². The van der Waals surface area contributed by atoms with Gasteiger partial charge in [0.25, 0.3) is 0 Å². The number of aliphatic hydroxyl groups is 1. The van der Waals surface area contributed by atoms with Crippen LogP contribution >= 0.6 is 0 Å². The number of aliphatic hydroxyl groups excluding tert-OH is 1. The lowest BCUT2D eigenvalue weighted by Gasteiger charge is -2.40. The molecular weight excluding hydrogens is 258 g/mol. The molecule has 1 heterocycles. The van der Waals surface area contributed by atoms with Crippen molar-refractivity contribution >= 4 is 0 Å². The van der Waals surface area contributed by atoms with Crippen LogP contribution in [0.15, 0.2) is 24.3 Å². The molecule has 2 heteroatoms. The second-order valence-corrected chi connectivity index (χ2v) is 7.21. The van der Waals surface area contributed by atoms with Crippen molar-refractivity contribution in [3.8, 4) is 0 Å². The molecule has 0 bridgehead atoms. The highest BCUT2D eigenvalue weighted by molar-refractivity contribution is 5.35. The van der Waals surface area contributed by atoms with E-state index in [2.05, 4.69) is 49.9 Å². The van der Waals surface area contributed by atoms with Gasteiger partial charge in [0, 0.05) is 12.6 Å². The summed E-state index contributed by atoms with van der Waals surface area (Å²) in [5.74, 6) is 0.549. The van der Waals surface area contributed by atoms with E-state index in [0.29, 0.717) is 17.4 Å². The Balaban J connectivity index is 1.82. The molecule has 2 aliphatic rings. The highest BCUT2D eigenvalue weighted by Crippen LogP contribution is 2.44. The first-order valence-electron chi connectivity index (χ1n) is 8.61. The Morgan fingerprint density at radius 3 is 2.48 bits per heavy atom. The second-order valence-electron chi connectivity index (χ2n) is 7.21. The van der Waals surface area contributed by atoms with Gasteiger partial charge in [0.2, 0.25) is 0 Å². The Kier molecular flexibility index (Phi) is 4.11. The van der Waals surface area contributed by atoms with E-state index < -0.39 is 0 Å². The predicted molar refractivity (Wildman–Crippen MR) is 87.4 cm³/mol. The molecule has 116 valence electrons. The summed E-state index contributed by atoms with van der Waals surface area (Å²) in [7, 11) is 0. The monoisotopic (exact) mass is 287 g/mol. The van der Waals surface area contributed by atoms with Gasteiger partial charge in [-0.3, -0.25) is 4.90 Å². The summed E-state index contributed by atoms with van der Waals surface area (Å²) < 4.78 is 0. The van der Waals surface area contributed by atoms with Crippen LogP contribution in [-0.2, 0) is 0 Å². The van der Waals surface area contributed by atoms with Crippen LogP contribution in [0.1, 0.15) is 69.6 Å². The fourth-order valence-corrected chi connectivity index (χ4v) is 4.48. The van der Waals surface area contributed by atoms with Gasteiger partial charge < -0.3 is 5.11 Å². The molecule has 0 spiro atoms. The van der Waals surface area contributed by atoms with Gasteiger partial charge in [-0.05, 0) is 54.7 Å². The van der Waals surface area contributed by atoms with Crippen molar-refractivity contribution in [2.24, 2.45) is 5.41 Å². The summed E-state index contributed by atoms with van der Waals surface area (Å²) in [5.41, 5.74) is 2.99. The SMILES string of the molecule is CCC1(CC)CCN(C2CC(C)c3ccccc3C2O)C1. The maximum absolute atomic E-state index is 10.9. The molecule has 1 aromatic carbocycles. The molecule has 0 amide bonds. The molecule has 1 fully saturated rings. The maximum Gasteiger partial charge on any atom is 0.0948 e. The largest absolute Gasteiger partial charge is 0.387 e. The van der Waals surface area contributed by atoms with E-state index in [-0.39, 0.29) is 6.10 Å².